The number of nitrogens with zero attached hydrogens (tertiary/aromatic N) is 3. The SMILES string of the molecule is Cc1ccc([C@H](O)C(F)(F)CNC(=O)c2c(C)ccc(-c3ccn4nc(N)nc4c3)c2F)cc1. The molecule has 0 fully saturated rings. The predicted molar refractivity (Wildman–Crippen MR) is 121 cm³/mol. The normalized spacial score (nSPS) is 12.6. The van der Waals surface area contributed by atoms with Crippen molar-refractivity contribution in [3.05, 3.63) is 82.8 Å². The summed E-state index contributed by atoms with van der Waals surface area (Å²) in [6.45, 7) is 2.12. The number of hydrogen-bond donors (Lipinski definition) is 3. The first-order valence-corrected chi connectivity index (χ1v) is 10.4. The molecule has 7 nitrogen and oxygen atoms in total. The Morgan fingerprint density at radius 1 is 1.18 bits per heavy atom. The molecule has 1 atom stereocenters. The van der Waals surface area contributed by atoms with E-state index in [9.17, 15) is 18.7 Å². The molecule has 0 aliphatic rings. The molecule has 0 spiro atoms. The van der Waals surface area contributed by atoms with Crippen molar-refractivity contribution < 1.29 is 23.1 Å². The van der Waals surface area contributed by atoms with E-state index in [1.807, 2.05) is 0 Å². The van der Waals surface area contributed by atoms with Crippen LogP contribution >= 0.6 is 0 Å². The Kier molecular flexibility index (Phi) is 6.01. The Bertz CT molecular complexity index is 1370. The second-order valence-electron chi connectivity index (χ2n) is 8.06. The largest absolute Gasteiger partial charge is 0.382 e. The quantitative estimate of drug-likeness (QED) is 0.398. The average Bonchev–Trinajstić information content (AvgIpc) is 3.17. The van der Waals surface area contributed by atoms with Gasteiger partial charge in [0.15, 0.2) is 5.65 Å². The minimum atomic E-state index is -3.68. The van der Waals surface area contributed by atoms with Crippen molar-refractivity contribution in [3.8, 4) is 11.1 Å². The highest BCUT2D eigenvalue weighted by Crippen LogP contribution is 2.32. The molecule has 34 heavy (non-hydrogen) atoms. The molecule has 2 aromatic heterocycles. The van der Waals surface area contributed by atoms with Gasteiger partial charge in [0.1, 0.15) is 11.9 Å². The fourth-order valence-corrected chi connectivity index (χ4v) is 3.62. The summed E-state index contributed by atoms with van der Waals surface area (Å²) in [6.07, 6.45) is -0.590. The van der Waals surface area contributed by atoms with Crippen molar-refractivity contribution in [2.24, 2.45) is 0 Å². The van der Waals surface area contributed by atoms with E-state index < -0.39 is 30.3 Å². The second-order valence-corrected chi connectivity index (χ2v) is 8.06. The standard InChI is InChI=1S/C24H22F3N5O2/c1-13-3-6-15(7-4-13)21(33)24(26,27)12-29-22(34)19-14(2)5-8-17(20(19)25)16-9-10-32-18(11-16)30-23(28)31-32/h3-11,21,33H,12H2,1-2H3,(H2,28,31)(H,29,34)/t21-/m0/s1. The third kappa shape index (κ3) is 4.44. The Morgan fingerprint density at radius 2 is 1.88 bits per heavy atom. The molecule has 4 aromatic rings. The van der Waals surface area contributed by atoms with E-state index in [1.165, 1.54) is 35.7 Å². The summed E-state index contributed by atoms with van der Waals surface area (Å²) in [6, 6.07) is 12.1. The van der Waals surface area contributed by atoms with Gasteiger partial charge in [-0.2, -0.15) is 4.98 Å². The van der Waals surface area contributed by atoms with Crippen LogP contribution in [0.5, 0.6) is 0 Å². The molecule has 10 heteroatoms. The number of carbonyl (C=O) groups excluding carboxylic acids is 1. The number of anilines is 1. The van der Waals surface area contributed by atoms with Gasteiger partial charge < -0.3 is 16.2 Å². The minimum absolute atomic E-state index is 0.0127. The zero-order valence-electron chi connectivity index (χ0n) is 18.4. The molecular formula is C24H22F3N5O2. The van der Waals surface area contributed by atoms with E-state index in [2.05, 4.69) is 15.4 Å². The number of halogens is 3. The molecule has 0 aliphatic heterocycles. The predicted octanol–water partition coefficient (Wildman–Crippen LogP) is 3.83. The van der Waals surface area contributed by atoms with Gasteiger partial charge in [0, 0.05) is 11.8 Å². The first kappa shape index (κ1) is 23.2. The molecule has 4 rings (SSSR count). The van der Waals surface area contributed by atoms with Gasteiger partial charge in [0.05, 0.1) is 12.1 Å². The fraction of sp³-hybridized carbons (Fsp3) is 0.208. The van der Waals surface area contributed by atoms with Crippen LogP contribution in [0.25, 0.3) is 16.8 Å². The van der Waals surface area contributed by atoms with Gasteiger partial charge in [0.25, 0.3) is 11.8 Å². The van der Waals surface area contributed by atoms with Crippen molar-refractivity contribution in [1.29, 1.82) is 0 Å². The van der Waals surface area contributed by atoms with Gasteiger partial charge in [-0.05, 0) is 42.7 Å². The number of fused-ring (bicyclic) bond motifs is 1. The maximum atomic E-state index is 15.4. The van der Waals surface area contributed by atoms with Crippen molar-refractivity contribution in [2.45, 2.75) is 25.9 Å². The lowest BCUT2D eigenvalue weighted by Crippen LogP contribution is -2.41. The highest BCUT2D eigenvalue weighted by molar-refractivity contribution is 5.97. The maximum Gasteiger partial charge on any atom is 0.294 e. The van der Waals surface area contributed by atoms with Crippen LogP contribution in [0.15, 0.2) is 54.7 Å². The summed E-state index contributed by atoms with van der Waals surface area (Å²) in [5.74, 6) is -5.50. The van der Waals surface area contributed by atoms with Gasteiger partial charge in [-0.3, -0.25) is 4.79 Å². The van der Waals surface area contributed by atoms with Crippen LogP contribution in [-0.4, -0.2) is 38.1 Å². The molecular weight excluding hydrogens is 447 g/mol. The molecule has 0 bridgehead atoms. The van der Waals surface area contributed by atoms with Crippen LogP contribution in [-0.2, 0) is 0 Å². The summed E-state index contributed by atoms with van der Waals surface area (Å²) >= 11 is 0. The zero-order valence-corrected chi connectivity index (χ0v) is 18.4. The van der Waals surface area contributed by atoms with Gasteiger partial charge in [-0.1, -0.05) is 42.0 Å². The third-order valence-electron chi connectivity index (χ3n) is 5.52. The molecule has 176 valence electrons. The monoisotopic (exact) mass is 469 g/mol. The Balaban J connectivity index is 1.57. The number of aliphatic hydroxyl groups excluding tert-OH is 1. The molecule has 0 saturated carbocycles. The smallest absolute Gasteiger partial charge is 0.294 e. The Hall–Kier alpha value is -3.92. The highest BCUT2D eigenvalue weighted by Gasteiger charge is 2.40. The fourth-order valence-electron chi connectivity index (χ4n) is 3.62. The number of amides is 1. The van der Waals surface area contributed by atoms with Crippen LogP contribution in [0.4, 0.5) is 19.1 Å². The van der Waals surface area contributed by atoms with E-state index in [4.69, 9.17) is 5.73 Å². The molecule has 0 saturated heterocycles. The van der Waals surface area contributed by atoms with Gasteiger partial charge in [-0.25, -0.2) is 17.7 Å². The van der Waals surface area contributed by atoms with E-state index in [0.29, 0.717) is 11.2 Å². The first-order valence-electron chi connectivity index (χ1n) is 10.4. The third-order valence-corrected chi connectivity index (χ3v) is 5.52. The topological polar surface area (TPSA) is 106 Å². The van der Waals surface area contributed by atoms with Gasteiger partial charge in [-0.15, -0.1) is 5.10 Å². The van der Waals surface area contributed by atoms with Crippen molar-refractivity contribution in [1.82, 2.24) is 19.9 Å². The molecule has 2 heterocycles. The molecule has 0 unspecified atom stereocenters. The number of rotatable bonds is 6. The summed E-state index contributed by atoms with van der Waals surface area (Å²) in [7, 11) is 0. The average molecular weight is 469 g/mol. The number of nitrogens with two attached hydrogens (primary N) is 1. The number of nitrogens with one attached hydrogen (secondary N) is 1. The Labute approximate surface area is 193 Å². The molecule has 0 radical (unpaired) electrons. The lowest BCUT2D eigenvalue weighted by Gasteiger charge is -2.23. The van der Waals surface area contributed by atoms with Crippen LogP contribution in [0.2, 0.25) is 0 Å². The van der Waals surface area contributed by atoms with Crippen LogP contribution in [0, 0.1) is 19.7 Å². The highest BCUT2D eigenvalue weighted by atomic mass is 19.3. The maximum absolute atomic E-state index is 15.4. The summed E-state index contributed by atoms with van der Waals surface area (Å²) in [4.78, 5) is 16.8. The summed E-state index contributed by atoms with van der Waals surface area (Å²) in [5.41, 5.74) is 7.23. The van der Waals surface area contributed by atoms with Gasteiger partial charge in [0.2, 0.25) is 5.95 Å². The molecule has 2 aromatic carbocycles. The van der Waals surface area contributed by atoms with E-state index in [-0.39, 0.29) is 28.2 Å². The van der Waals surface area contributed by atoms with Crippen molar-refractivity contribution >= 4 is 17.5 Å². The zero-order chi connectivity index (χ0) is 24.6. The second kappa shape index (κ2) is 8.79. The number of alkyl halides is 2. The van der Waals surface area contributed by atoms with E-state index in [1.54, 1.807) is 37.4 Å². The number of hydrogen-bond acceptors (Lipinski definition) is 5. The summed E-state index contributed by atoms with van der Waals surface area (Å²) < 4.78 is 46.0. The number of nitrogen functional groups attached to an aromatic ring is 1. The van der Waals surface area contributed by atoms with Crippen LogP contribution < -0.4 is 11.1 Å². The number of aliphatic hydroxyl groups is 1. The van der Waals surface area contributed by atoms with Gasteiger partial charge >= 0.3 is 0 Å². The summed E-state index contributed by atoms with van der Waals surface area (Å²) in [5, 5.41) is 16.1. The van der Waals surface area contributed by atoms with Crippen molar-refractivity contribution in [3.63, 3.8) is 0 Å². The van der Waals surface area contributed by atoms with E-state index in [0.717, 1.165) is 5.56 Å². The minimum Gasteiger partial charge on any atom is -0.382 e. The van der Waals surface area contributed by atoms with Crippen LogP contribution in [0.3, 0.4) is 0 Å². The number of aromatic nitrogens is 3. The number of aryl methyl sites for hydroxylation is 2. The van der Waals surface area contributed by atoms with Crippen molar-refractivity contribution in [2.75, 3.05) is 12.3 Å². The van der Waals surface area contributed by atoms with Crippen LogP contribution in [0.1, 0.15) is 33.2 Å². The van der Waals surface area contributed by atoms with E-state index >= 15 is 4.39 Å². The number of benzene rings is 2. The lowest BCUT2D eigenvalue weighted by atomic mass is 9.98. The molecule has 4 N–H and O–H groups in total. The lowest BCUT2D eigenvalue weighted by molar-refractivity contribution is -0.106. The molecule has 0 aliphatic carbocycles. The number of carbonyl (C=O) groups is 1. The number of pyridine rings is 1. The first-order chi connectivity index (χ1) is 16.1. The molecule has 1 amide bonds. The Morgan fingerprint density at radius 3 is 2.59 bits per heavy atom.